The van der Waals surface area contributed by atoms with Gasteiger partial charge in [-0.3, -0.25) is 0 Å². The molecule has 0 bridgehead atoms. The van der Waals surface area contributed by atoms with Crippen molar-refractivity contribution in [3.63, 3.8) is 0 Å². The minimum atomic E-state index is 0.876. The Kier molecular flexibility index (Phi) is 31.5. The van der Waals surface area contributed by atoms with Gasteiger partial charge < -0.3 is 0 Å². The van der Waals surface area contributed by atoms with Crippen LogP contribution in [0.25, 0.3) is 0 Å². The molecule has 2 fully saturated rings. The van der Waals surface area contributed by atoms with Crippen molar-refractivity contribution in [1.29, 1.82) is 0 Å². The summed E-state index contributed by atoms with van der Waals surface area (Å²) in [5, 5.41) is 0. The van der Waals surface area contributed by atoms with E-state index in [1.807, 2.05) is 0 Å². The van der Waals surface area contributed by atoms with Crippen molar-refractivity contribution >= 4 is 0 Å². The lowest BCUT2D eigenvalue weighted by Gasteiger charge is -2.34. The molecule has 2 aliphatic carbocycles. The Morgan fingerprint density at radius 2 is 0.778 bits per heavy atom. The van der Waals surface area contributed by atoms with Gasteiger partial charge in [0.2, 0.25) is 0 Å². The molecule has 0 radical (unpaired) electrons. The predicted molar refractivity (Wildman–Crippen MR) is 247 cm³/mol. The zero-order chi connectivity index (χ0) is 39.1. The molecule has 0 aromatic heterocycles. The molecule has 54 heavy (non-hydrogen) atoms. The maximum Gasteiger partial charge on any atom is -0.0386 e. The molecule has 2 aliphatic rings. The first kappa shape index (κ1) is 50.1. The fourth-order valence-corrected chi connectivity index (χ4v) is 11.3. The zero-order valence-electron chi connectivity index (χ0n) is 39.1. The third kappa shape index (κ3) is 26.1. The summed E-state index contributed by atoms with van der Waals surface area (Å²) in [6.45, 7) is 17.1. The smallest absolute Gasteiger partial charge is 0.0386 e. The Morgan fingerprint density at radius 1 is 0.370 bits per heavy atom. The summed E-state index contributed by atoms with van der Waals surface area (Å²) in [6.07, 6.45) is 56.9. The molecule has 0 aromatic carbocycles. The average Bonchev–Trinajstić information content (AvgIpc) is 3.16. The lowest BCUT2D eigenvalue weighted by molar-refractivity contribution is 0.172. The van der Waals surface area contributed by atoms with E-state index in [1.165, 1.54) is 238 Å². The van der Waals surface area contributed by atoms with Crippen LogP contribution in [-0.2, 0) is 0 Å². The third-order valence-electron chi connectivity index (χ3n) is 15.7. The van der Waals surface area contributed by atoms with E-state index in [9.17, 15) is 0 Å². The number of unbranched alkanes of at least 4 members (excludes halogenated alkanes) is 18. The molecule has 8 unspecified atom stereocenters. The molecule has 2 rings (SSSR count). The molecule has 0 nitrogen and oxygen atoms in total. The van der Waals surface area contributed by atoms with Crippen LogP contribution in [0.4, 0.5) is 0 Å². The van der Waals surface area contributed by atoms with Crippen molar-refractivity contribution in [2.45, 2.75) is 292 Å². The standard InChI is InChI=1S/C54H106/c1-8-31-54-45-53(43-40-48(54)6)37-30-24-18-12-16-22-28-35-51(33-26-20-14-10-13-19-25-32-50(9-2)41-38-46(3)4)34-27-21-15-11-17-23-29-36-52-42-39-47(5)49(7)44-52/h46-54H,8-45H2,1-7H3. The molecule has 8 atom stereocenters. The van der Waals surface area contributed by atoms with Crippen LogP contribution in [0.2, 0.25) is 0 Å². The first-order chi connectivity index (χ1) is 26.3. The molecule has 0 amide bonds. The van der Waals surface area contributed by atoms with E-state index in [2.05, 4.69) is 48.5 Å². The van der Waals surface area contributed by atoms with E-state index in [4.69, 9.17) is 0 Å². The Labute approximate surface area is 344 Å². The Hall–Kier alpha value is 0. The second-order valence-corrected chi connectivity index (χ2v) is 21.1. The van der Waals surface area contributed by atoms with Gasteiger partial charge in [0.1, 0.15) is 0 Å². The monoisotopic (exact) mass is 755 g/mol. The highest BCUT2D eigenvalue weighted by atomic mass is 14.3. The summed E-state index contributed by atoms with van der Waals surface area (Å²) >= 11 is 0. The quantitative estimate of drug-likeness (QED) is 0.0559. The van der Waals surface area contributed by atoms with Crippen LogP contribution in [0.3, 0.4) is 0 Å². The molecule has 2 saturated carbocycles. The lowest BCUT2D eigenvalue weighted by atomic mass is 9.72. The predicted octanol–water partition coefficient (Wildman–Crippen LogP) is 19.5. The summed E-state index contributed by atoms with van der Waals surface area (Å²) < 4.78 is 0. The third-order valence-corrected chi connectivity index (χ3v) is 15.7. The van der Waals surface area contributed by atoms with Crippen LogP contribution >= 0.6 is 0 Å². The van der Waals surface area contributed by atoms with Crippen LogP contribution in [0.15, 0.2) is 0 Å². The van der Waals surface area contributed by atoms with E-state index in [0.29, 0.717) is 0 Å². The van der Waals surface area contributed by atoms with Gasteiger partial charge in [0, 0.05) is 0 Å². The summed E-state index contributed by atoms with van der Waals surface area (Å²) in [4.78, 5) is 0. The molecule has 0 heterocycles. The van der Waals surface area contributed by atoms with Gasteiger partial charge in [0.25, 0.3) is 0 Å². The van der Waals surface area contributed by atoms with Crippen molar-refractivity contribution in [2.24, 2.45) is 53.3 Å². The van der Waals surface area contributed by atoms with E-state index >= 15 is 0 Å². The van der Waals surface area contributed by atoms with Gasteiger partial charge in [0.05, 0.1) is 0 Å². The van der Waals surface area contributed by atoms with Gasteiger partial charge in [-0.2, -0.15) is 0 Å². The zero-order valence-corrected chi connectivity index (χ0v) is 39.1. The maximum atomic E-state index is 2.53. The van der Waals surface area contributed by atoms with Gasteiger partial charge in [-0.1, -0.05) is 280 Å². The molecule has 0 spiro atoms. The molecule has 0 N–H and O–H groups in total. The SMILES string of the molecule is CCCC1CC(CCCCCCCCCC(CCCCCCCCCC(CC)CCC(C)C)CCCCCCCCCC2CCC(C)C(C)C2)CCC1C. The normalized spacial score (nSPS) is 24.7. The number of hydrogen-bond acceptors (Lipinski definition) is 0. The van der Waals surface area contributed by atoms with Crippen LogP contribution < -0.4 is 0 Å². The van der Waals surface area contributed by atoms with Gasteiger partial charge in [-0.25, -0.2) is 0 Å². The highest BCUT2D eigenvalue weighted by Crippen LogP contribution is 2.39. The highest BCUT2D eigenvalue weighted by molar-refractivity contribution is 4.78. The van der Waals surface area contributed by atoms with Crippen molar-refractivity contribution < 1.29 is 0 Å². The highest BCUT2D eigenvalue weighted by Gasteiger charge is 2.27. The van der Waals surface area contributed by atoms with Gasteiger partial charge >= 0.3 is 0 Å². The van der Waals surface area contributed by atoms with Crippen molar-refractivity contribution in [3.05, 3.63) is 0 Å². The largest absolute Gasteiger partial charge is 0.0654 e. The first-order valence-electron chi connectivity index (χ1n) is 26.3. The van der Waals surface area contributed by atoms with Crippen molar-refractivity contribution in [2.75, 3.05) is 0 Å². The molecule has 0 heteroatoms. The fourth-order valence-electron chi connectivity index (χ4n) is 11.3. The van der Waals surface area contributed by atoms with Gasteiger partial charge in [-0.05, 0) is 66.1 Å². The van der Waals surface area contributed by atoms with E-state index in [0.717, 1.165) is 53.3 Å². The average molecular weight is 755 g/mol. The second kappa shape index (κ2) is 33.9. The second-order valence-electron chi connectivity index (χ2n) is 21.1. The molecule has 322 valence electrons. The van der Waals surface area contributed by atoms with Crippen molar-refractivity contribution in [3.8, 4) is 0 Å². The van der Waals surface area contributed by atoms with E-state index in [-0.39, 0.29) is 0 Å². The summed E-state index contributed by atoms with van der Waals surface area (Å²) in [5.74, 6) is 8.98. The summed E-state index contributed by atoms with van der Waals surface area (Å²) in [5.41, 5.74) is 0. The van der Waals surface area contributed by atoms with Crippen LogP contribution in [0.1, 0.15) is 292 Å². The Bertz CT molecular complexity index is 781. The number of hydrogen-bond donors (Lipinski definition) is 0. The Balaban J connectivity index is 1.54. The van der Waals surface area contributed by atoms with Crippen LogP contribution in [0, 0.1) is 53.3 Å². The van der Waals surface area contributed by atoms with Crippen LogP contribution in [-0.4, -0.2) is 0 Å². The molecular formula is C54H106. The van der Waals surface area contributed by atoms with E-state index in [1.54, 1.807) is 6.42 Å². The minimum absolute atomic E-state index is 0.876. The topological polar surface area (TPSA) is 0 Å². The minimum Gasteiger partial charge on any atom is -0.0654 e. The first-order valence-corrected chi connectivity index (χ1v) is 26.3. The maximum absolute atomic E-state index is 2.53. The van der Waals surface area contributed by atoms with Crippen LogP contribution in [0.5, 0.6) is 0 Å². The summed E-state index contributed by atoms with van der Waals surface area (Å²) in [7, 11) is 0. The number of rotatable bonds is 36. The molecule has 0 aromatic rings. The summed E-state index contributed by atoms with van der Waals surface area (Å²) in [6, 6.07) is 0. The molecule has 0 aliphatic heterocycles. The fraction of sp³-hybridized carbons (Fsp3) is 1.00. The van der Waals surface area contributed by atoms with E-state index < -0.39 is 0 Å². The lowest BCUT2D eigenvalue weighted by Crippen LogP contribution is -2.23. The van der Waals surface area contributed by atoms with Crippen molar-refractivity contribution in [1.82, 2.24) is 0 Å². The van der Waals surface area contributed by atoms with Gasteiger partial charge in [0.15, 0.2) is 0 Å². The molecular weight excluding hydrogens is 649 g/mol. The molecule has 0 saturated heterocycles. The Morgan fingerprint density at radius 3 is 1.20 bits per heavy atom. The van der Waals surface area contributed by atoms with Gasteiger partial charge in [-0.15, -0.1) is 0 Å².